The first-order valence-corrected chi connectivity index (χ1v) is 12.2. The van der Waals surface area contributed by atoms with Crippen molar-refractivity contribution in [3.8, 4) is 17.0 Å². The summed E-state index contributed by atoms with van der Waals surface area (Å²) in [6.45, 7) is 10.6. The molecule has 0 spiro atoms. The lowest BCUT2D eigenvalue weighted by Gasteiger charge is -2.34. The Hall–Kier alpha value is -3.03. The number of rotatable bonds is 6. The number of hydrogen-bond acceptors (Lipinski definition) is 6. The molecular formula is C26H35N3O5. The smallest absolute Gasteiger partial charge is 0.410 e. The fraction of sp³-hybridized carbons (Fsp3) is 0.577. The predicted molar refractivity (Wildman–Crippen MR) is 128 cm³/mol. The third-order valence-corrected chi connectivity index (χ3v) is 5.96. The van der Waals surface area contributed by atoms with Crippen molar-refractivity contribution in [2.75, 3.05) is 19.7 Å². The van der Waals surface area contributed by atoms with Crippen molar-refractivity contribution >= 4 is 12.1 Å². The van der Waals surface area contributed by atoms with E-state index in [1.807, 2.05) is 52.0 Å². The van der Waals surface area contributed by atoms with Crippen molar-refractivity contribution in [3.05, 3.63) is 35.5 Å². The zero-order chi connectivity index (χ0) is 24.5. The third-order valence-electron chi connectivity index (χ3n) is 5.96. The molecule has 4 rings (SSSR count). The minimum absolute atomic E-state index is 0.148. The van der Waals surface area contributed by atoms with Gasteiger partial charge in [0.15, 0.2) is 0 Å². The van der Waals surface area contributed by atoms with Gasteiger partial charge in [-0.2, -0.15) is 5.10 Å². The van der Waals surface area contributed by atoms with Crippen LogP contribution in [0.15, 0.2) is 24.3 Å². The molecule has 1 aliphatic heterocycles. The Morgan fingerprint density at radius 1 is 1.12 bits per heavy atom. The highest BCUT2D eigenvalue weighted by Gasteiger charge is 2.33. The zero-order valence-corrected chi connectivity index (χ0v) is 20.8. The van der Waals surface area contributed by atoms with Gasteiger partial charge in [-0.05, 0) is 84.6 Å². The van der Waals surface area contributed by atoms with Crippen molar-refractivity contribution < 1.29 is 23.8 Å². The van der Waals surface area contributed by atoms with E-state index in [1.165, 1.54) is 0 Å². The largest absolute Gasteiger partial charge is 0.490 e. The molecule has 8 heteroatoms. The first kappa shape index (κ1) is 24.1. The predicted octanol–water partition coefficient (Wildman–Crippen LogP) is 5.15. The third kappa shape index (κ3) is 5.54. The number of esters is 1. The molecule has 1 amide bonds. The highest BCUT2D eigenvalue weighted by atomic mass is 16.6. The summed E-state index contributed by atoms with van der Waals surface area (Å²) in [5.41, 5.74) is 2.28. The Bertz CT molecular complexity index is 1030. The lowest BCUT2D eigenvalue weighted by molar-refractivity contribution is 0.0165. The summed E-state index contributed by atoms with van der Waals surface area (Å²) in [6, 6.07) is 7.69. The van der Waals surface area contributed by atoms with Gasteiger partial charge in [0.05, 0.1) is 24.4 Å². The average molecular weight is 470 g/mol. The fourth-order valence-corrected chi connectivity index (χ4v) is 4.22. The van der Waals surface area contributed by atoms with Gasteiger partial charge in [-0.1, -0.05) is 0 Å². The van der Waals surface area contributed by atoms with Crippen LogP contribution in [0.1, 0.15) is 75.5 Å². The highest BCUT2D eigenvalue weighted by Crippen LogP contribution is 2.33. The van der Waals surface area contributed by atoms with Gasteiger partial charge in [0.25, 0.3) is 0 Å². The Morgan fingerprint density at radius 2 is 1.82 bits per heavy atom. The van der Waals surface area contributed by atoms with Gasteiger partial charge in [0, 0.05) is 24.2 Å². The van der Waals surface area contributed by atoms with Crippen LogP contribution in [0.25, 0.3) is 11.3 Å². The van der Waals surface area contributed by atoms with Gasteiger partial charge in [0.2, 0.25) is 0 Å². The van der Waals surface area contributed by atoms with Crippen molar-refractivity contribution in [3.63, 3.8) is 0 Å². The Labute approximate surface area is 201 Å². The number of carbonyl (C=O) groups is 2. The number of piperidine rings is 1. The Kier molecular flexibility index (Phi) is 6.86. The second-order valence-corrected chi connectivity index (χ2v) is 10.1. The number of ether oxygens (including phenoxy) is 3. The summed E-state index contributed by atoms with van der Waals surface area (Å²) in [7, 11) is 0. The van der Waals surface area contributed by atoms with Gasteiger partial charge >= 0.3 is 12.1 Å². The van der Waals surface area contributed by atoms with Crippen LogP contribution in [0.5, 0.6) is 5.75 Å². The number of nitrogens with zero attached hydrogens (tertiary/aromatic N) is 3. The van der Waals surface area contributed by atoms with E-state index in [-0.39, 0.29) is 18.7 Å². The Morgan fingerprint density at radius 3 is 2.44 bits per heavy atom. The topological polar surface area (TPSA) is 82.9 Å². The molecule has 1 saturated heterocycles. The molecule has 1 aromatic heterocycles. The first-order chi connectivity index (χ1) is 16.2. The molecule has 8 nitrogen and oxygen atoms in total. The standard InChI is InChI=1S/C26H35N3O5/c1-6-32-24(30)23-17(2)22(18-9-11-20(12-10-18)33-21-13-14-21)27-29(23)19-8-7-15-28(16-19)25(31)34-26(3,4)5/h9-12,19,21H,6-8,13-16H2,1-5H3. The van der Waals surface area contributed by atoms with Crippen LogP contribution in [0.2, 0.25) is 0 Å². The maximum absolute atomic E-state index is 13.0. The number of aromatic nitrogens is 2. The second kappa shape index (κ2) is 9.68. The van der Waals surface area contributed by atoms with Crippen LogP contribution < -0.4 is 4.74 Å². The molecule has 1 aliphatic carbocycles. The van der Waals surface area contributed by atoms with Crippen molar-refractivity contribution in [2.45, 2.75) is 78.0 Å². The summed E-state index contributed by atoms with van der Waals surface area (Å²) in [4.78, 5) is 27.3. The minimum atomic E-state index is -0.565. The molecule has 0 radical (unpaired) electrons. The van der Waals surface area contributed by atoms with E-state index in [9.17, 15) is 9.59 Å². The zero-order valence-electron chi connectivity index (χ0n) is 20.8. The molecular weight excluding hydrogens is 434 g/mol. The Balaban J connectivity index is 1.63. The van der Waals surface area contributed by atoms with Crippen molar-refractivity contribution in [2.24, 2.45) is 0 Å². The maximum atomic E-state index is 13.0. The average Bonchev–Trinajstić information content (AvgIpc) is 3.53. The van der Waals surface area contributed by atoms with E-state index in [2.05, 4.69) is 0 Å². The van der Waals surface area contributed by atoms with Gasteiger partial charge in [0.1, 0.15) is 17.0 Å². The van der Waals surface area contributed by atoms with Crippen molar-refractivity contribution in [1.82, 2.24) is 14.7 Å². The van der Waals surface area contributed by atoms with E-state index >= 15 is 0 Å². The molecule has 2 aliphatic rings. The van der Waals surface area contributed by atoms with E-state index in [0.29, 0.717) is 24.9 Å². The number of carbonyl (C=O) groups excluding carboxylic acids is 2. The molecule has 1 atom stereocenters. The molecule has 184 valence electrons. The van der Waals surface area contributed by atoms with Gasteiger partial charge in [-0.25, -0.2) is 9.59 Å². The van der Waals surface area contributed by atoms with E-state index < -0.39 is 11.6 Å². The molecule has 2 heterocycles. The van der Waals surface area contributed by atoms with Crippen LogP contribution in [0.4, 0.5) is 4.79 Å². The molecule has 34 heavy (non-hydrogen) atoms. The van der Waals surface area contributed by atoms with E-state index in [0.717, 1.165) is 48.3 Å². The monoisotopic (exact) mass is 469 g/mol. The molecule has 1 saturated carbocycles. The highest BCUT2D eigenvalue weighted by molar-refractivity contribution is 5.91. The normalized spacial score (nSPS) is 18.5. The van der Waals surface area contributed by atoms with E-state index in [1.54, 1.807) is 16.5 Å². The van der Waals surface area contributed by atoms with Gasteiger partial charge in [-0.15, -0.1) is 0 Å². The molecule has 1 aromatic carbocycles. The van der Waals surface area contributed by atoms with Crippen LogP contribution in [0.3, 0.4) is 0 Å². The molecule has 2 aromatic rings. The quantitative estimate of drug-likeness (QED) is 0.544. The number of amides is 1. The number of likely N-dealkylation sites (tertiary alicyclic amines) is 1. The van der Waals surface area contributed by atoms with Crippen molar-refractivity contribution in [1.29, 1.82) is 0 Å². The van der Waals surface area contributed by atoms with Crippen LogP contribution in [-0.2, 0) is 9.47 Å². The summed E-state index contributed by atoms with van der Waals surface area (Å²) in [5, 5.41) is 4.87. The summed E-state index contributed by atoms with van der Waals surface area (Å²) >= 11 is 0. The summed E-state index contributed by atoms with van der Waals surface area (Å²) in [6.07, 6.45) is 3.81. The lowest BCUT2D eigenvalue weighted by atomic mass is 10.0. The maximum Gasteiger partial charge on any atom is 0.410 e. The van der Waals surface area contributed by atoms with Crippen LogP contribution in [0, 0.1) is 6.92 Å². The second-order valence-electron chi connectivity index (χ2n) is 10.1. The number of hydrogen-bond donors (Lipinski definition) is 0. The summed E-state index contributed by atoms with van der Waals surface area (Å²) in [5.74, 6) is 0.441. The number of benzene rings is 1. The van der Waals surface area contributed by atoms with Crippen LogP contribution in [-0.4, -0.2) is 58.1 Å². The lowest BCUT2D eigenvalue weighted by Crippen LogP contribution is -2.44. The molecule has 2 fully saturated rings. The van der Waals surface area contributed by atoms with Gasteiger partial charge in [-0.3, -0.25) is 4.68 Å². The molecule has 0 N–H and O–H groups in total. The van der Waals surface area contributed by atoms with E-state index in [4.69, 9.17) is 19.3 Å². The molecule has 1 unspecified atom stereocenters. The summed E-state index contributed by atoms with van der Waals surface area (Å²) < 4.78 is 18.6. The fourth-order valence-electron chi connectivity index (χ4n) is 4.22. The molecule has 0 bridgehead atoms. The first-order valence-electron chi connectivity index (χ1n) is 12.2. The van der Waals surface area contributed by atoms with Crippen LogP contribution >= 0.6 is 0 Å². The minimum Gasteiger partial charge on any atom is -0.490 e. The SMILES string of the molecule is CCOC(=O)c1c(C)c(-c2ccc(OC3CC3)cc2)nn1C1CCCN(C(=O)OC(C)(C)C)C1. The van der Waals surface area contributed by atoms with Gasteiger partial charge < -0.3 is 19.1 Å².